The van der Waals surface area contributed by atoms with Crippen LogP contribution in [-0.4, -0.2) is 60.5 Å². The van der Waals surface area contributed by atoms with Crippen LogP contribution in [0.2, 0.25) is 18.1 Å². The molecule has 1 aromatic rings. The SMILES string of the molecule is C#CCNC(=O)OC[C@H]1O[C@@H](n2ccc(=O)[nH]c2=O)[C@H](O[Si](C)(C)C(C)(C)C)[C@@H]1O. The number of nitrogens with zero attached hydrogens (tertiary/aromatic N) is 1. The van der Waals surface area contributed by atoms with E-state index in [2.05, 4.69) is 16.2 Å². The predicted molar refractivity (Wildman–Crippen MR) is 111 cm³/mol. The third-order valence-electron chi connectivity index (χ3n) is 5.39. The summed E-state index contributed by atoms with van der Waals surface area (Å²) >= 11 is 0. The molecule has 0 aromatic carbocycles. The zero-order valence-corrected chi connectivity index (χ0v) is 18.8. The number of aromatic nitrogens is 2. The minimum atomic E-state index is -2.38. The zero-order chi connectivity index (χ0) is 22.7. The Kier molecular flexibility index (Phi) is 7.30. The van der Waals surface area contributed by atoms with Gasteiger partial charge in [-0.3, -0.25) is 14.3 Å². The van der Waals surface area contributed by atoms with E-state index in [1.807, 2.05) is 33.9 Å². The fourth-order valence-electron chi connectivity index (χ4n) is 2.68. The van der Waals surface area contributed by atoms with Crippen molar-refractivity contribution in [1.82, 2.24) is 14.9 Å². The molecular weight excluding hydrogens is 410 g/mol. The van der Waals surface area contributed by atoms with Gasteiger partial charge >= 0.3 is 11.8 Å². The normalized spacial score (nSPS) is 24.3. The Morgan fingerprint density at radius 1 is 1.43 bits per heavy atom. The first-order chi connectivity index (χ1) is 13.9. The fourth-order valence-corrected chi connectivity index (χ4v) is 3.97. The van der Waals surface area contributed by atoms with Crippen molar-refractivity contribution in [2.75, 3.05) is 13.2 Å². The minimum Gasteiger partial charge on any atom is -0.447 e. The highest BCUT2D eigenvalue weighted by molar-refractivity contribution is 6.74. The number of terminal acetylenes is 1. The lowest BCUT2D eigenvalue weighted by Crippen LogP contribution is -2.49. The standard InChI is InChI=1S/C19H29N3O7Si/c1-7-9-20-18(26)27-11-12-14(24)15(29-30(5,6)19(2,3)4)16(28-12)22-10-8-13(23)21-17(22)25/h1,8,10,12,14-16,24H,9,11H2,2-6H3,(H,20,26)(H,21,23,25)/t12-,14-,15-,16-/m1/s1. The first-order valence-electron chi connectivity index (χ1n) is 9.54. The number of rotatable bonds is 6. The van der Waals surface area contributed by atoms with E-state index >= 15 is 0 Å². The highest BCUT2D eigenvalue weighted by Gasteiger charge is 2.50. The topological polar surface area (TPSA) is 132 Å². The number of ether oxygens (including phenoxy) is 2. The number of hydrogen-bond donors (Lipinski definition) is 3. The molecule has 1 amide bonds. The van der Waals surface area contributed by atoms with Gasteiger partial charge in [0, 0.05) is 12.3 Å². The van der Waals surface area contributed by atoms with Gasteiger partial charge < -0.3 is 24.3 Å². The molecule has 1 aliphatic heterocycles. The number of aliphatic hydroxyl groups is 1. The predicted octanol–water partition coefficient (Wildman–Crippen LogP) is 0.545. The van der Waals surface area contributed by atoms with Gasteiger partial charge in [0.25, 0.3) is 5.56 Å². The van der Waals surface area contributed by atoms with E-state index in [0.717, 1.165) is 4.57 Å². The van der Waals surface area contributed by atoms with Crippen LogP contribution in [0.3, 0.4) is 0 Å². The number of amides is 1. The maximum absolute atomic E-state index is 12.3. The van der Waals surface area contributed by atoms with Gasteiger partial charge in [0.2, 0.25) is 0 Å². The number of carbonyl (C=O) groups excluding carboxylic acids is 1. The summed E-state index contributed by atoms with van der Waals surface area (Å²) in [6, 6.07) is 1.18. The van der Waals surface area contributed by atoms with Crippen LogP contribution in [-0.2, 0) is 13.9 Å². The van der Waals surface area contributed by atoms with Gasteiger partial charge in [-0.05, 0) is 18.1 Å². The third kappa shape index (κ3) is 5.40. The number of hydrogen-bond acceptors (Lipinski definition) is 7. The molecule has 1 saturated heterocycles. The molecule has 11 heteroatoms. The van der Waals surface area contributed by atoms with Crippen molar-refractivity contribution in [2.24, 2.45) is 0 Å². The van der Waals surface area contributed by atoms with E-state index in [-0.39, 0.29) is 18.2 Å². The van der Waals surface area contributed by atoms with Crippen molar-refractivity contribution in [3.8, 4) is 12.3 Å². The van der Waals surface area contributed by atoms with E-state index < -0.39 is 50.2 Å². The van der Waals surface area contributed by atoms with Crippen molar-refractivity contribution >= 4 is 14.4 Å². The zero-order valence-electron chi connectivity index (χ0n) is 17.8. The first-order valence-corrected chi connectivity index (χ1v) is 12.4. The molecule has 0 bridgehead atoms. The fraction of sp³-hybridized carbons (Fsp3) is 0.632. The molecule has 2 heterocycles. The van der Waals surface area contributed by atoms with E-state index in [9.17, 15) is 19.5 Å². The number of H-pyrrole nitrogens is 1. The lowest BCUT2D eigenvalue weighted by Gasteiger charge is -2.40. The first kappa shape index (κ1) is 23.9. The number of aliphatic hydroxyl groups excluding tert-OH is 1. The van der Waals surface area contributed by atoms with Crippen molar-refractivity contribution in [3.05, 3.63) is 33.1 Å². The molecule has 10 nitrogen and oxygen atoms in total. The quantitative estimate of drug-likeness (QED) is 0.435. The molecule has 30 heavy (non-hydrogen) atoms. The Hall–Kier alpha value is -2.39. The molecule has 3 N–H and O–H groups in total. The molecule has 0 aliphatic carbocycles. The average Bonchev–Trinajstić information content (AvgIpc) is 2.93. The molecule has 1 aromatic heterocycles. The van der Waals surface area contributed by atoms with E-state index in [4.69, 9.17) is 20.3 Å². The summed E-state index contributed by atoms with van der Waals surface area (Å²) in [5.74, 6) is 2.25. The third-order valence-corrected chi connectivity index (χ3v) is 9.86. The number of nitrogens with one attached hydrogen (secondary N) is 2. The van der Waals surface area contributed by atoms with Crippen LogP contribution >= 0.6 is 0 Å². The summed E-state index contributed by atoms with van der Waals surface area (Å²) in [5.41, 5.74) is -1.25. The van der Waals surface area contributed by atoms with Crippen LogP contribution in [0, 0.1) is 12.3 Å². The second-order valence-electron chi connectivity index (χ2n) is 8.57. The monoisotopic (exact) mass is 439 g/mol. The summed E-state index contributed by atoms with van der Waals surface area (Å²) in [6.07, 6.45) is 1.57. The van der Waals surface area contributed by atoms with Gasteiger partial charge in [0.15, 0.2) is 14.5 Å². The lowest BCUT2D eigenvalue weighted by molar-refractivity contribution is -0.0555. The van der Waals surface area contributed by atoms with Crippen molar-refractivity contribution in [1.29, 1.82) is 0 Å². The molecule has 1 fully saturated rings. The summed E-state index contributed by atoms with van der Waals surface area (Å²) < 4.78 is 18.4. The Balaban J connectivity index is 2.29. The number of alkyl carbamates (subject to hydrolysis) is 1. The Morgan fingerprint density at radius 2 is 2.10 bits per heavy atom. The minimum absolute atomic E-state index is 0.000579. The maximum Gasteiger partial charge on any atom is 0.407 e. The highest BCUT2D eigenvalue weighted by Crippen LogP contribution is 2.41. The summed E-state index contributed by atoms with van der Waals surface area (Å²) in [4.78, 5) is 37.6. The van der Waals surface area contributed by atoms with Crippen molar-refractivity contribution in [3.63, 3.8) is 0 Å². The molecule has 2 rings (SSSR count). The van der Waals surface area contributed by atoms with Crippen LogP contribution < -0.4 is 16.6 Å². The maximum atomic E-state index is 12.3. The molecule has 166 valence electrons. The molecule has 0 spiro atoms. The smallest absolute Gasteiger partial charge is 0.407 e. The van der Waals surface area contributed by atoms with Crippen molar-refractivity contribution in [2.45, 2.75) is 63.4 Å². The Labute approximate surface area is 175 Å². The molecule has 0 saturated carbocycles. The van der Waals surface area contributed by atoms with Crippen LogP contribution in [0.5, 0.6) is 0 Å². The van der Waals surface area contributed by atoms with Crippen LogP contribution in [0.25, 0.3) is 0 Å². The van der Waals surface area contributed by atoms with Crippen LogP contribution in [0.4, 0.5) is 4.79 Å². The van der Waals surface area contributed by atoms with Gasteiger partial charge in [-0.1, -0.05) is 26.7 Å². The van der Waals surface area contributed by atoms with Gasteiger partial charge in [-0.25, -0.2) is 9.59 Å². The summed E-state index contributed by atoms with van der Waals surface area (Å²) in [7, 11) is -2.38. The van der Waals surface area contributed by atoms with E-state index in [0.29, 0.717) is 0 Å². The molecule has 4 atom stereocenters. The van der Waals surface area contributed by atoms with Crippen LogP contribution in [0.15, 0.2) is 21.9 Å². The van der Waals surface area contributed by atoms with Gasteiger partial charge in [-0.2, -0.15) is 0 Å². The molecule has 1 aliphatic rings. The molecule has 0 unspecified atom stereocenters. The Morgan fingerprint density at radius 3 is 2.67 bits per heavy atom. The lowest BCUT2D eigenvalue weighted by atomic mass is 10.1. The second-order valence-corrected chi connectivity index (χ2v) is 13.3. The van der Waals surface area contributed by atoms with Gasteiger partial charge in [-0.15, -0.1) is 6.42 Å². The second kappa shape index (κ2) is 9.17. The van der Waals surface area contributed by atoms with Crippen molar-refractivity contribution < 1.29 is 23.8 Å². The van der Waals surface area contributed by atoms with Gasteiger partial charge in [0.1, 0.15) is 24.9 Å². The Bertz CT molecular complexity index is 912. The van der Waals surface area contributed by atoms with E-state index in [1.54, 1.807) is 0 Å². The van der Waals surface area contributed by atoms with Crippen LogP contribution in [0.1, 0.15) is 27.0 Å². The molecular formula is C19H29N3O7Si. The van der Waals surface area contributed by atoms with Gasteiger partial charge in [0.05, 0.1) is 6.54 Å². The largest absolute Gasteiger partial charge is 0.447 e. The van der Waals surface area contributed by atoms with E-state index in [1.165, 1.54) is 12.3 Å². The average molecular weight is 440 g/mol. The molecule has 0 radical (unpaired) electrons. The number of carbonyl (C=O) groups is 1. The number of aromatic amines is 1. The summed E-state index contributed by atoms with van der Waals surface area (Å²) in [6.45, 7) is 9.85. The highest BCUT2D eigenvalue weighted by atomic mass is 28.4. The summed E-state index contributed by atoms with van der Waals surface area (Å²) in [5, 5.41) is 13.1.